The van der Waals surface area contributed by atoms with Gasteiger partial charge in [0.25, 0.3) is 0 Å². The lowest BCUT2D eigenvalue weighted by Gasteiger charge is -2.34. The number of rotatable bonds is 6. The summed E-state index contributed by atoms with van der Waals surface area (Å²) in [6.07, 6.45) is 1.41. The molecule has 0 aliphatic carbocycles. The van der Waals surface area contributed by atoms with Crippen molar-refractivity contribution in [2.45, 2.75) is 37.5 Å². The highest BCUT2D eigenvalue weighted by molar-refractivity contribution is 6.22. The van der Waals surface area contributed by atoms with Gasteiger partial charge in [-0.2, -0.15) is 18.3 Å². The highest BCUT2D eigenvalue weighted by Gasteiger charge is 2.34. The van der Waals surface area contributed by atoms with Crippen LogP contribution in [0.4, 0.5) is 13.2 Å². The van der Waals surface area contributed by atoms with Crippen molar-refractivity contribution in [3.05, 3.63) is 77.1 Å². The summed E-state index contributed by atoms with van der Waals surface area (Å²) < 4.78 is 38.4. The summed E-state index contributed by atoms with van der Waals surface area (Å²) in [5.74, 6) is 1.71. The Bertz CT molecular complexity index is 1170. The number of phenols is 1. The smallest absolute Gasteiger partial charge is 0.416 e. The van der Waals surface area contributed by atoms with Crippen LogP contribution in [0.2, 0.25) is 5.82 Å². The number of piperidine rings is 1. The summed E-state index contributed by atoms with van der Waals surface area (Å²) in [6.45, 7) is 3.25. The van der Waals surface area contributed by atoms with Gasteiger partial charge in [-0.05, 0) is 61.7 Å². The molecule has 2 unspecified atom stereocenters. The zero-order chi connectivity index (χ0) is 25.3. The van der Waals surface area contributed by atoms with E-state index in [4.69, 9.17) is 4.99 Å². The molecule has 36 heavy (non-hydrogen) atoms. The van der Waals surface area contributed by atoms with E-state index >= 15 is 0 Å². The normalized spacial score (nSPS) is 22.8. The predicted molar refractivity (Wildman–Crippen MR) is 137 cm³/mol. The van der Waals surface area contributed by atoms with Gasteiger partial charge < -0.3 is 10.4 Å². The Kier molecular flexibility index (Phi) is 6.79. The first-order valence-corrected chi connectivity index (χ1v) is 12.3. The number of fused-ring (bicyclic) bond motifs is 1. The number of aliphatic imine (C=N–C) groups is 1. The number of hydrazone groups is 1. The number of para-hydroxylation sites is 1. The van der Waals surface area contributed by atoms with E-state index in [1.165, 1.54) is 0 Å². The topological polar surface area (TPSA) is 63.5 Å². The van der Waals surface area contributed by atoms with Crippen LogP contribution in [-0.2, 0) is 12.7 Å². The number of halogens is 3. The molecule has 0 radical (unpaired) electrons. The zero-order valence-corrected chi connectivity index (χ0v) is 20.1. The summed E-state index contributed by atoms with van der Waals surface area (Å²) in [7, 11) is 2.08. The molecule has 6 nitrogen and oxygen atoms in total. The molecule has 0 bridgehead atoms. The number of phenolic OH excluding ortho intramolecular Hbond substituents is 1. The second kappa shape index (κ2) is 10.0. The second-order valence-electron chi connectivity index (χ2n) is 9.74. The Hall–Kier alpha value is -3.27. The molecule has 2 aromatic carbocycles. The lowest BCUT2D eigenvalue weighted by molar-refractivity contribution is -0.137. The number of nitrogens with zero attached hydrogens (tertiary/aromatic N) is 4. The molecular formula is C26H29BF3N5O. The Morgan fingerprint density at radius 2 is 1.78 bits per heavy atom. The van der Waals surface area contributed by atoms with Crippen molar-refractivity contribution in [2.24, 2.45) is 16.0 Å². The fourth-order valence-corrected chi connectivity index (χ4v) is 4.92. The summed E-state index contributed by atoms with van der Waals surface area (Å²) in [4.78, 5) is 7.14. The number of likely N-dealkylation sites (tertiary alicyclic amines) is 1. The summed E-state index contributed by atoms with van der Waals surface area (Å²) in [5, 5.41) is 20.4. The van der Waals surface area contributed by atoms with Crippen LogP contribution in [-0.4, -0.2) is 60.6 Å². The van der Waals surface area contributed by atoms with Crippen LogP contribution in [0.15, 0.2) is 70.5 Å². The van der Waals surface area contributed by atoms with Gasteiger partial charge in [0.15, 0.2) is 0 Å². The molecule has 2 atom stereocenters. The van der Waals surface area contributed by atoms with E-state index in [9.17, 15) is 18.3 Å². The minimum absolute atomic E-state index is 0.141. The first-order chi connectivity index (χ1) is 17.3. The highest BCUT2D eigenvalue weighted by Crippen LogP contribution is 2.32. The van der Waals surface area contributed by atoms with Gasteiger partial charge >= 0.3 is 6.18 Å². The standard InChI is InChI=1S/C26H29BF3N5O/c27-21-15-32-35-24(13-22(33-25(21)35)20-3-1-2-4-23(20)36)31-14-17-9-11-34(12-10-17)16-18-5-7-19(8-6-18)26(28,29)30/h1-8,13,15,17,21,25,31,36H,9-12,14,16,27H2. The molecule has 3 heterocycles. The van der Waals surface area contributed by atoms with Gasteiger partial charge in [-0.25, -0.2) is 5.01 Å². The van der Waals surface area contributed by atoms with E-state index in [1.807, 2.05) is 29.4 Å². The van der Waals surface area contributed by atoms with Crippen LogP contribution in [0, 0.1) is 5.92 Å². The molecule has 2 N–H and O–H groups in total. The summed E-state index contributed by atoms with van der Waals surface area (Å²) in [5.41, 5.74) is 1.73. The van der Waals surface area contributed by atoms with Crippen molar-refractivity contribution in [3.8, 4) is 5.75 Å². The molecular weight excluding hydrogens is 466 g/mol. The third-order valence-electron chi connectivity index (χ3n) is 7.09. The Morgan fingerprint density at radius 3 is 2.47 bits per heavy atom. The molecule has 5 rings (SSSR count). The quantitative estimate of drug-likeness (QED) is 0.602. The third-order valence-corrected chi connectivity index (χ3v) is 7.09. The number of allylic oxidation sites excluding steroid dienone is 1. The maximum Gasteiger partial charge on any atom is 0.416 e. The monoisotopic (exact) mass is 495 g/mol. The van der Waals surface area contributed by atoms with Crippen LogP contribution in [0.5, 0.6) is 5.75 Å². The van der Waals surface area contributed by atoms with Gasteiger partial charge in [-0.15, -0.1) is 0 Å². The Morgan fingerprint density at radius 1 is 1.06 bits per heavy atom. The van der Waals surface area contributed by atoms with Crippen LogP contribution < -0.4 is 5.32 Å². The van der Waals surface area contributed by atoms with E-state index in [1.54, 1.807) is 24.3 Å². The fourth-order valence-electron chi connectivity index (χ4n) is 4.92. The van der Waals surface area contributed by atoms with E-state index in [0.29, 0.717) is 18.0 Å². The number of nitrogens with one attached hydrogen (secondary N) is 1. The average Bonchev–Trinajstić information content (AvgIpc) is 3.24. The number of hydrogen-bond acceptors (Lipinski definition) is 6. The summed E-state index contributed by atoms with van der Waals surface area (Å²) >= 11 is 0. The molecule has 188 valence electrons. The van der Waals surface area contributed by atoms with Crippen LogP contribution in [0.25, 0.3) is 0 Å². The lowest BCUT2D eigenvalue weighted by atomic mass is 9.86. The van der Waals surface area contributed by atoms with Crippen molar-refractivity contribution in [1.82, 2.24) is 15.2 Å². The first-order valence-electron chi connectivity index (χ1n) is 12.3. The van der Waals surface area contributed by atoms with Crippen molar-refractivity contribution in [2.75, 3.05) is 19.6 Å². The van der Waals surface area contributed by atoms with Crippen molar-refractivity contribution in [1.29, 1.82) is 0 Å². The van der Waals surface area contributed by atoms with Crippen LogP contribution in [0.3, 0.4) is 0 Å². The predicted octanol–water partition coefficient (Wildman–Crippen LogP) is 3.61. The summed E-state index contributed by atoms with van der Waals surface area (Å²) in [6, 6.07) is 12.7. The van der Waals surface area contributed by atoms with Gasteiger partial charge in [0.05, 0.1) is 11.3 Å². The number of alkyl halides is 3. The van der Waals surface area contributed by atoms with E-state index < -0.39 is 11.7 Å². The zero-order valence-electron chi connectivity index (χ0n) is 20.1. The average molecular weight is 495 g/mol. The molecule has 1 saturated heterocycles. The third kappa shape index (κ3) is 5.28. The maximum atomic E-state index is 12.8. The Balaban J connectivity index is 1.17. The molecule has 3 aliphatic heterocycles. The number of benzene rings is 2. The van der Waals surface area contributed by atoms with E-state index in [0.717, 1.165) is 61.7 Å². The number of aromatic hydroxyl groups is 1. The molecule has 0 spiro atoms. The van der Waals surface area contributed by atoms with Crippen LogP contribution >= 0.6 is 0 Å². The van der Waals surface area contributed by atoms with Gasteiger partial charge in [-0.1, -0.05) is 24.3 Å². The number of hydrogen-bond donors (Lipinski definition) is 2. The first kappa shape index (κ1) is 24.4. The van der Waals surface area contributed by atoms with E-state index in [2.05, 4.69) is 23.2 Å². The van der Waals surface area contributed by atoms with Gasteiger partial charge in [0.1, 0.15) is 25.6 Å². The lowest BCUT2D eigenvalue weighted by Crippen LogP contribution is -2.41. The molecule has 0 amide bonds. The molecule has 1 fully saturated rings. The van der Waals surface area contributed by atoms with E-state index in [-0.39, 0.29) is 17.7 Å². The second-order valence-corrected chi connectivity index (χ2v) is 9.74. The molecule has 10 heteroatoms. The fraction of sp³-hybridized carbons (Fsp3) is 0.385. The molecule has 0 saturated carbocycles. The van der Waals surface area contributed by atoms with Gasteiger partial charge in [0, 0.05) is 36.8 Å². The SMILES string of the molecule is BC1C=NN2C(NCC3CCN(Cc4ccc(C(F)(F)F)cc4)CC3)=CC(c3ccccc3O)=NC12. The van der Waals surface area contributed by atoms with Crippen molar-refractivity contribution < 1.29 is 18.3 Å². The van der Waals surface area contributed by atoms with Gasteiger partial charge in [0.2, 0.25) is 0 Å². The highest BCUT2D eigenvalue weighted by atomic mass is 19.4. The van der Waals surface area contributed by atoms with Gasteiger partial charge in [-0.3, -0.25) is 9.89 Å². The molecule has 0 aromatic heterocycles. The Labute approximate surface area is 209 Å². The van der Waals surface area contributed by atoms with Crippen LogP contribution in [0.1, 0.15) is 29.5 Å². The molecule has 3 aliphatic rings. The minimum atomic E-state index is -4.30. The largest absolute Gasteiger partial charge is 0.507 e. The minimum Gasteiger partial charge on any atom is -0.507 e. The van der Waals surface area contributed by atoms with Crippen molar-refractivity contribution >= 4 is 19.8 Å². The van der Waals surface area contributed by atoms with Crippen molar-refractivity contribution in [3.63, 3.8) is 0 Å². The maximum absolute atomic E-state index is 12.8. The molecule has 2 aromatic rings.